The minimum Gasteiger partial charge on any atom is -0.497 e. The van der Waals surface area contributed by atoms with Crippen LogP contribution in [0.4, 0.5) is 0 Å². The van der Waals surface area contributed by atoms with Crippen LogP contribution >= 0.6 is 0 Å². The largest absolute Gasteiger partial charge is 0.497 e. The van der Waals surface area contributed by atoms with E-state index >= 15 is 0 Å². The van der Waals surface area contributed by atoms with Crippen molar-refractivity contribution in [2.24, 2.45) is 0 Å². The van der Waals surface area contributed by atoms with Gasteiger partial charge in [-0.25, -0.2) is 0 Å². The first-order chi connectivity index (χ1) is 7.81. The van der Waals surface area contributed by atoms with Gasteiger partial charge in [-0.1, -0.05) is 17.3 Å². The smallest absolute Gasteiger partial charge is 0.235 e. The second-order valence-electron chi connectivity index (χ2n) is 3.19. The number of rotatable bonds is 4. The average molecular weight is 218 g/mol. The monoisotopic (exact) mass is 218 g/mol. The normalized spacial score (nSPS) is 10.1. The van der Waals surface area contributed by atoms with Crippen molar-refractivity contribution in [1.29, 1.82) is 0 Å². The van der Waals surface area contributed by atoms with E-state index in [2.05, 4.69) is 10.1 Å². The van der Waals surface area contributed by atoms with Gasteiger partial charge in [0.1, 0.15) is 5.75 Å². The van der Waals surface area contributed by atoms with Crippen molar-refractivity contribution in [2.75, 3.05) is 7.11 Å². The number of methoxy groups -OCH3 is 1. The van der Waals surface area contributed by atoms with Crippen LogP contribution in [0, 0.1) is 0 Å². The molecule has 1 aromatic carbocycles. The number of aldehydes is 1. The van der Waals surface area contributed by atoms with Crippen molar-refractivity contribution in [3.05, 3.63) is 41.5 Å². The highest BCUT2D eigenvalue weighted by molar-refractivity contribution is 5.68. The maximum Gasteiger partial charge on any atom is 0.235 e. The quantitative estimate of drug-likeness (QED) is 0.727. The Hall–Kier alpha value is -2.17. The van der Waals surface area contributed by atoms with E-state index in [0.29, 0.717) is 18.6 Å². The third kappa shape index (κ3) is 2.25. The summed E-state index contributed by atoms with van der Waals surface area (Å²) < 4.78 is 10.00. The molecule has 1 aromatic heterocycles. The predicted molar refractivity (Wildman–Crippen MR) is 55.5 cm³/mol. The molecule has 0 aliphatic carbocycles. The number of carbonyl (C=O) groups excluding carboxylic acids is 1. The minimum atomic E-state index is 0.0675. The van der Waals surface area contributed by atoms with Crippen LogP contribution in [0.2, 0.25) is 0 Å². The summed E-state index contributed by atoms with van der Waals surface area (Å²) in [6.45, 7) is 0. The maximum atomic E-state index is 10.4. The number of nitrogens with zero attached hydrogens (tertiary/aromatic N) is 2. The summed E-state index contributed by atoms with van der Waals surface area (Å²) in [4.78, 5) is 14.3. The Labute approximate surface area is 92.0 Å². The van der Waals surface area contributed by atoms with Gasteiger partial charge >= 0.3 is 0 Å². The highest BCUT2D eigenvalue weighted by atomic mass is 16.5. The molecule has 0 atom stereocenters. The molecule has 16 heavy (non-hydrogen) atoms. The zero-order valence-corrected chi connectivity index (χ0v) is 8.71. The summed E-state index contributed by atoms with van der Waals surface area (Å²) in [7, 11) is 1.61. The van der Waals surface area contributed by atoms with E-state index in [1.165, 1.54) is 0 Å². The summed E-state index contributed by atoms with van der Waals surface area (Å²) in [5, 5.41) is 3.49. The molecule has 0 fully saturated rings. The Morgan fingerprint density at radius 1 is 1.50 bits per heavy atom. The first-order valence-corrected chi connectivity index (χ1v) is 4.72. The van der Waals surface area contributed by atoms with Crippen molar-refractivity contribution in [3.63, 3.8) is 0 Å². The number of benzene rings is 1. The molecule has 0 aliphatic heterocycles. The van der Waals surface area contributed by atoms with Crippen LogP contribution in [0.1, 0.15) is 22.1 Å². The first-order valence-electron chi connectivity index (χ1n) is 4.72. The van der Waals surface area contributed by atoms with E-state index in [1.54, 1.807) is 7.11 Å². The Kier molecular flexibility index (Phi) is 2.95. The SMILES string of the molecule is COc1cccc(Cc2nc(C=O)no2)c1. The molecule has 1 heterocycles. The molecule has 0 saturated carbocycles. The van der Waals surface area contributed by atoms with Gasteiger partial charge in [-0.05, 0) is 17.7 Å². The van der Waals surface area contributed by atoms with Gasteiger partial charge in [0.05, 0.1) is 13.5 Å². The molecule has 0 amide bonds. The van der Waals surface area contributed by atoms with Crippen molar-refractivity contribution in [2.45, 2.75) is 6.42 Å². The van der Waals surface area contributed by atoms with Gasteiger partial charge in [-0.15, -0.1) is 0 Å². The molecule has 0 spiro atoms. The fourth-order valence-electron chi connectivity index (χ4n) is 1.34. The molecule has 0 unspecified atom stereocenters. The van der Waals surface area contributed by atoms with Gasteiger partial charge in [0, 0.05) is 0 Å². The van der Waals surface area contributed by atoms with Crippen LogP contribution in [0.25, 0.3) is 0 Å². The summed E-state index contributed by atoms with van der Waals surface area (Å²) in [5.74, 6) is 1.25. The van der Waals surface area contributed by atoms with E-state index in [1.807, 2.05) is 24.3 Å². The van der Waals surface area contributed by atoms with Gasteiger partial charge in [0.25, 0.3) is 0 Å². The number of carbonyl (C=O) groups is 1. The molecule has 5 heteroatoms. The minimum absolute atomic E-state index is 0.0675. The fraction of sp³-hybridized carbons (Fsp3) is 0.182. The van der Waals surface area contributed by atoms with E-state index in [-0.39, 0.29) is 5.82 Å². The molecule has 5 nitrogen and oxygen atoms in total. The van der Waals surface area contributed by atoms with E-state index in [4.69, 9.17) is 9.26 Å². The number of hydrogen-bond donors (Lipinski definition) is 0. The number of ether oxygens (including phenoxy) is 1. The number of hydrogen-bond acceptors (Lipinski definition) is 5. The van der Waals surface area contributed by atoms with Gasteiger partial charge in [0.2, 0.25) is 11.7 Å². The van der Waals surface area contributed by atoms with Crippen LogP contribution in [-0.2, 0) is 6.42 Å². The predicted octanol–water partition coefficient (Wildman–Crippen LogP) is 1.48. The van der Waals surface area contributed by atoms with Gasteiger partial charge in [0.15, 0.2) is 6.29 Å². The maximum absolute atomic E-state index is 10.4. The lowest BCUT2D eigenvalue weighted by Crippen LogP contribution is -1.90. The topological polar surface area (TPSA) is 65.2 Å². The van der Waals surface area contributed by atoms with Crippen LogP contribution in [-0.4, -0.2) is 23.5 Å². The van der Waals surface area contributed by atoms with Crippen molar-refractivity contribution >= 4 is 6.29 Å². The Balaban J connectivity index is 2.16. The first kappa shape index (κ1) is 10.4. The average Bonchev–Trinajstić information content (AvgIpc) is 2.77. The van der Waals surface area contributed by atoms with E-state index in [9.17, 15) is 4.79 Å². The third-order valence-corrected chi connectivity index (χ3v) is 2.08. The highest BCUT2D eigenvalue weighted by Crippen LogP contribution is 2.15. The van der Waals surface area contributed by atoms with Crippen LogP contribution < -0.4 is 4.74 Å². The molecule has 2 rings (SSSR count). The summed E-state index contributed by atoms with van der Waals surface area (Å²) in [6.07, 6.45) is 1.04. The number of aromatic nitrogens is 2. The van der Waals surface area contributed by atoms with E-state index < -0.39 is 0 Å². The lowest BCUT2D eigenvalue weighted by atomic mass is 10.1. The van der Waals surface area contributed by atoms with E-state index in [0.717, 1.165) is 11.3 Å². The molecule has 0 N–H and O–H groups in total. The van der Waals surface area contributed by atoms with Gasteiger partial charge < -0.3 is 9.26 Å². The van der Waals surface area contributed by atoms with Gasteiger partial charge in [-0.3, -0.25) is 4.79 Å². The molecule has 0 bridgehead atoms. The molecule has 0 saturated heterocycles. The molecule has 0 aliphatic rings. The molecule has 2 aromatic rings. The Bertz CT molecular complexity index is 493. The lowest BCUT2D eigenvalue weighted by Gasteiger charge is -2.01. The lowest BCUT2D eigenvalue weighted by molar-refractivity contribution is 0.111. The molecular formula is C11H10N2O3. The van der Waals surface area contributed by atoms with Crippen molar-refractivity contribution in [3.8, 4) is 5.75 Å². The standard InChI is InChI=1S/C11H10N2O3/c1-15-9-4-2-3-8(5-9)6-11-12-10(7-14)13-16-11/h2-5,7H,6H2,1H3. The molecular weight excluding hydrogens is 208 g/mol. The third-order valence-electron chi connectivity index (χ3n) is 2.08. The van der Waals surface area contributed by atoms with Crippen molar-refractivity contribution < 1.29 is 14.1 Å². The Morgan fingerprint density at radius 2 is 2.38 bits per heavy atom. The zero-order chi connectivity index (χ0) is 11.4. The summed E-state index contributed by atoms with van der Waals surface area (Å²) >= 11 is 0. The second kappa shape index (κ2) is 4.57. The van der Waals surface area contributed by atoms with Crippen LogP contribution in [0.3, 0.4) is 0 Å². The van der Waals surface area contributed by atoms with Gasteiger partial charge in [-0.2, -0.15) is 4.98 Å². The molecule has 0 radical (unpaired) electrons. The summed E-state index contributed by atoms with van der Waals surface area (Å²) in [5.41, 5.74) is 0.987. The second-order valence-corrected chi connectivity index (χ2v) is 3.19. The highest BCUT2D eigenvalue weighted by Gasteiger charge is 2.06. The summed E-state index contributed by atoms with van der Waals surface area (Å²) in [6, 6.07) is 7.54. The van der Waals surface area contributed by atoms with Crippen LogP contribution in [0.5, 0.6) is 5.75 Å². The van der Waals surface area contributed by atoms with Crippen molar-refractivity contribution in [1.82, 2.24) is 10.1 Å². The zero-order valence-electron chi connectivity index (χ0n) is 8.71. The Morgan fingerprint density at radius 3 is 3.06 bits per heavy atom. The fourth-order valence-corrected chi connectivity index (χ4v) is 1.34. The van der Waals surface area contributed by atoms with Crippen LogP contribution in [0.15, 0.2) is 28.8 Å². The molecule has 82 valence electrons.